The monoisotopic (exact) mass is 463 g/mol. The third-order valence-electron chi connectivity index (χ3n) is 5.85. The molecule has 170 valence electrons. The van der Waals surface area contributed by atoms with Crippen LogP contribution in [0.2, 0.25) is 0 Å². The molecule has 10 heteroatoms. The highest BCUT2D eigenvalue weighted by atomic mass is 32.1. The van der Waals surface area contributed by atoms with Crippen LogP contribution in [0.5, 0.6) is 0 Å². The number of benzene rings is 1. The van der Waals surface area contributed by atoms with Crippen molar-refractivity contribution in [1.82, 2.24) is 24.8 Å². The van der Waals surface area contributed by atoms with Gasteiger partial charge in [-0.25, -0.2) is 15.0 Å². The van der Waals surface area contributed by atoms with Crippen molar-refractivity contribution in [2.75, 3.05) is 30.8 Å². The molecule has 1 saturated heterocycles. The molecular weight excluding hydrogens is 438 g/mol. The fourth-order valence-corrected chi connectivity index (χ4v) is 5.08. The number of thiazole rings is 1. The van der Waals surface area contributed by atoms with E-state index in [1.165, 1.54) is 0 Å². The van der Waals surface area contributed by atoms with Crippen LogP contribution in [0.3, 0.4) is 0 Å². The number of nitrogens with zero attached hydrogens (tertiary/aromatic N) is 4. The van der Waals surface area contributed by atoms with E-state index in [0.717, 1.165) is 50.8 Å². The summed E-state index contributed by atoms with van der Waals surface area (Å²) in [6.45, 7) is 2.64. The number of fused-ring (bicyclic) bond motifs is 1. The van der Waals surface area contributed by atoms with Crippen LogP contribution in [0.4, 0.5) is 16.8 Å². The van der Waals surface area contributed by atoms with E-state index in [-0.39, 0.29) is 18.6 Å². The maximum atomic E-state index is 12.9. The second kappa shape index (κ2) is 8.80. The first-order chi connectivity index (χ1) is 16.1. The van der Waals surface area contributed by atoms with Gasteiger partial charge < -0.3 is 25.6 Å². The summed E-state index contributed by atoms with van der Waals surface area (Å²) in [5.41, 5.74) is 3.95. The number of likely N-dealkylation sites (tertiary alicyclic amines) is 1. The number of aliphatic hydroxyl groups is 1. The number of aromatic nitrogens is 4. The molecule has 4 aromatic rings. The first-order valence-electron chi connectivity index (χ1n) is 10.9. The van der Waals surface area contributed by atoms with Gasteiger partial charge in [-0.05, 0) is 50.1 Å². The maximum absolute atomic E-state index is 12.9. The molecule has 9 nitrogen and oxygen atoms in total. The van der Waals surface area contributed by atoms with Gasteiger partial charge in [-0.2, -0.15) is 0 Å². The molecule has 0 bridgehead atoms. The van der Waals surface area contributed by atoms with Gasteiger partial charge >= 0.3 is 0 Å². The summed E-state index contributed by atoms with van der Waals surface area (Å²) in [6, 6.07) is 9.44. The molecule has 1 atom stereocenters. The third kappa shape index (κ3) is 4.14. The Kier molecular flexibility index (Phi) is 5.69. The van der Waals surface area contributed by atoms with Crippen LogP contribution in [0.15, 0.2) is 36.5 Å². The van der Waals surface area contributed by atoms with E-state index in [1.807, 2.05) is 44.3 Å². The van der Waals surface area contributed by atoms with Gasteiger partial charge in [-0.1, -0.05) is 11.3 Å². The van der Waals surface area contributed by atoms with Crippen molar-refractivity contribution in [3.63, 3.8) is 0 Å². The lowest BCUT2D eigenvalue weighted by Crippen LogP contribution is -2.37. The summed E-state index contributed by atoms with van der Waals surface area (Å²) in [4.78, 5) is 32.4. The SMILES string of the molecule is CNc1nc(C)c(-c2ccnc(Nc3ccc4[nH]c(C(=O)N5CCC[C@@H]5CO)cc4c3)n2)s1. The Balaban J connectivity index is 1.38. The smallest absolute Gasteiger partial charge is 0.270 e. The second-order valence-corrected chi connectivity index (χ2v) is 9.04. The molecule has 0 spiro atoms. The lowest BCUT2D eigenvalue weighted by atomic mass is 10.2. The topological polar surface area (TPSA) is 119 Å². The highest BCUT2D eigenvalue weighted by Crippen LogP contribution is 2.32. The number of aryl methyl sites for hydroxylation is 1. The number of rotatable bonds is 6. The van der Waals surface area contributed by atoms with E-state index in [9.17, 15) is 9.90 Å². The minimum Gasteiger partial charge on any atom is -0.394 e. The average Bonchev–Trinajstić information content (AvgIpc) is 3.56. The molecule has 1 aliphatic rings. The number of nitrogens with one attached hydrogen (secondary N) is 3. The predicted octanol–water partition coefficient (Wildman–Crippen LogP) is 3.77. The van der Waals surface area contributed by atoms with Crippen LogP contribution in [0.25, 0.3) is 21.5 Å². The van der Waals surface area contributed by atoms with E-state index in [0.29, 0.717) is 18.2 Å². The number of aliphatic hydroxyl groups excluding tert-OH is 1. The molecular formula is C23H25N7O2S. The number of anilines is 3. The Bertz CT molecular complexity index is 1320. The maximum Gasteiger partial charge on any atom is 0.270 e. The molecule has 4 heterocycles. The minimum absolute atomic E-state index is 0.00354. The summed E-state index contributed by atoms with van der Waals surface area (Å²) >= 11 is 1.55. The normalized spacial score (nSPS) is 15.8. The van der Waals surface area contributed by atoms with Crippen LogP contribution in [-0.4, -0.2) is 62.1 Å². The summed E-state index contributed by atoms with van der Waals surface area (Å²) in [7, 11) is 1.85. The number of aromatic amines is 1. The Hall–Kier alpha value is -3.50. The molecule has 0 aliphatic carbocycles. The number of H-pyrrole nitrogens is 1. The van der Waals surface area contributed by atoms with E-state index in [2.05, 4.69) is 30.6 Å². The van der Waals surface area contributed by atoms with Crippen LogP contribution in [0, 0.1) is 6.92 Å². The van der Waals surface area contributed by atoms with Gasteiger partial charge in [0.05, 0.1) is 28.9 Å². The highest BCUT2D eigenvalue weighted by molar-refractivity contribution is 7.19. The van der Waals surface area contributed by atoms with E-state index < -0.39 is 0 Å². The van der Waals surface area contributed by atoms with Crippen molar-refractivity contribution in [3.8, 4) is 10.6 Å². The fraction of sp³-hybridized carbons (Fsp3) is 0.304. The zero-order valence-electron chi connectivity index (χ0n) is 18.4. The molecule has 5 rings (SSSR count). The Morgan fingerprint density at radius 2 is 2.18 bits per heavy atom. The predicted molar refractivity (Wildman–Crippen MR) is 130 cm³/mol. The Morgan fingerprint density at radius 3 is 2.97 bits per heavy atom. The molecule has 1 aromatic carbocycles. The number of carbonyl (C=O) groups is 1. The highest BCUT2D eigenvalue weighted by Gasteiger charge is 2.29. The Labute approximate surface area is 194 Å². The quantitative estimate of drug-likeness (QED) is 0.344. The first-order valence-corrected chi connectivity index (χ1v) is 11.7. The van der Waals surface area contributed by atoms with Gasteiger partial charge in [0.2, 0.25) is 5.95 Å². The summed E-state index contributed by atoms with van der Waals surface area (Å²) in [5.74, 6) is 0.412. The van der Waals surface area contributed by atoms with Gasteiger partial charge in [-0.3, -0.25) is 4.79 Å². The Morgan fingerprint density at radius 1 is 1.30 bits per heavy atom. The van der Waals surface area contributed by atoms with Gasteiger partial charge in [-0.15, -0.1) is 0 Å². The van der Waals surface area contributed by atoms with Crippen molar-refractivity contribution in [1.29, 1.82) is 0 Å². The summed E-state index contributed by atoms with van der Waals surface area (Å²) in [6.07, 6.45) is 3.48. The molecule has 1 aliphatic heterocycles. The molecule has 1 amide bonds. The third-order valence-corrected chi connectivity index (χ3v) is 7.05. The van der Waals surface area contributed by atoms with Crippen LogP contribution in [0.1, 0.15) is 29.0 Å². The summed E-state index contributed by atoms with van der Waals surface area (Å²) in [5, 5.41) is 17.6. The fourth-order valence-electron chi connectivity index (χ4n) is 4.19. The molecule has 1 fully saturated rings. The molecule has 33 heavy (non-hydrogen) atoms. The summed E-state index contributed by atoms with van der Waals surface area (Å²) < 4.78 is 0. The average molecular weight is 464 g/mol. The number of hydrogen-bond acceptors (Lipinski definition) is 8. The van der Waals surface area contributed by atoms with Crippen molar-refractivity contribution in [2.45, 2.75) is 25.8 Å². The van der Waals surface area contributed by atoms with Gasteiger partial charge in [0.25, 0.3) is 5.91 Å². The lowest BCUT2D eigenvalue weighted by molar-refractivity contribution is 0.0672. The first kappa shape index (κ1) is 21.4. The van der Waals surface area contributed by atoms with Gasteiger partial charge in [0.15, 0.2) is 5.13 Å². The van der Waals surface area contributed by atoms with Crippen LogP contribution >= 0.6 is 11.3 Å². The van der Waals surface area contributed by atoms with E-state index in [1.54, 1.807) is 22.4 Å². The van der Waals surface area contributed by atoms with Crippen molar-refractivity contribution >= 4 is 44.9 Å². The van der Waals surface area contributed by atoms with Gasteiger partial charge in [0, 0.05) is 36.4 Å². The molecule has 0 saturated carbocycles. The van der Waals surface area contributed by atoms with Crippen LogP contribution in [-0.2, 0) is 0 Å². The lowest BCUT2D eigenvalue weighted by Gasteiger charge is -2.22. The second-order valence-electron chi connectivity index (χ2n) is 8.04. The van der Waals surface area contributed by atoms with Gasteiger partial charge in [0.1, 0.15) is 5.69 Å². The largest absolute Gasteiger partial charge is 0.394 e. The minimum atomic E-state index is -0.100. The molecule has 3 aromatic heterocycles. The molecule has 0 radical (unpaired) electrons. The van der Waals surface area contributed by atoms with Crippen LogP contribution < -0.4 is 10.6 Å². The standard InChI is InChI=1S/C23H25N7O2S/c1-13-20(33-23(24-2)26-13)18-7-8-25-22(29-18)27-15-5-6-17-14(10-15)11-19(28-17)21(32)30-9-3-4-16(30)12-31/h5-8,10-11,16,28,31H,3-4,9,12H2,1-2H3,(H,24,26)(H,25,27,29)/t16-/m1/s1. The zero-order valence-corrected chi connectivity index (χ0v) is 19.2. The van der Waals surface area contributed by atoms with E-state index in [4.69, 9.17) is 0 Å². The molecule has 4 N–H and O–H groups in total. The van der Waals surface area contributed by atoms with E-state index >= 15 is 0 Å². The van der Waals surface area contributed by atoms with Crippen molar-refractivity contribution in [3.05, 3.63) is 47.9 Å². The van der Waals surface area contributed by atoms with Crippen molar-refractivity contribution < 1.29 is 9.90 Å². The number of carbonyl (C=O) groups excluding carboxylic acids is 1. The number of hydrogen-bond donors (Lipinski definition) is 4. The molecule has 0 unspecified atom stereocenters. The number of amides is 1. The zero-order chi connectivity index (χ0) is 22.9. The van der Waals surface area contributed by atoms with Crippen molar-refractivity contribution in [2.24, 2.45) is 0 Å².